The van der Waals surface area contributed by atoms with Gasteiger partial charge in [-0.25, -0.2) is 0 Å². The van der Waals surface area contributed by atoms with Crippen LogP contribution in [0, 0.1) is 11.3 Å². The molecule has 14 heavy (non-hydrogen) atoms. The molecule has 0 saturated carbocycles. The molecule has 4 heteroatoms. The molecule has 0 saturated heterocycles. The number of methoxy groups -OCH3 is 1. The topological polar surface area (TPSA) is 68.3 Å². The van der Waals surface area contributed by atoms with Crippen LogP contribution in [0.4, 0.5) is 0 Å². The van der Waals surface area contributed by atoms with Gasteiger partial charge >= 0.3 is 0 Å². The Hall–Kier alpha value is -1.73. The number of rotatable bonds is 1. The van der Waals surface area contributed by atoms with Gasteiger partial charge in [0.15, 0.2) is 0 Å². The highest BCUT2D eigenvalue weighted by Crippen LogP contribution is 2.39. The zero-order chi connectivity index (χ0) is 10.1. The van der Waals surface area contributed by atoms with E-state index in [-0.39, 0.29) is 6.04 Å². The predicted octanol–water partition coefficient (Wildman–Crippen LogP) is 0.959. The molecule has 72 valence electrons. The van der Waals surface area contributed by atoms with E-state index in [0.29, 0.717) is 23.7 Å². The average Bonchev–Trinajstić information content (AvgIpc) is 2.59. The molecule has 0 bridgehead atoms. The Labute approximate surface area is 81.8 Å². The van der Waals surface area contributed by atoms with Gasteiger partial charge in [-0.1, -0.05) is 0 Å². The molecule has 0 fully saturated rings. The van der Waals surface area contributed by atoms with E-state index in [2.05, 4.69) is 0 Å². The smallest absolute Gasteiger partial charge is 0.129 e. The van der Waals surface area contributed by atoms with Gasteiger partial charge < -0.3 is 15.2 Å². The first-order valence-corrected chi connectivity index (χ1v) is 4.26. The van der Waals surface area contributed by atoms with Crippen LogP contribution in [0.25, 0.3) is 0 Å². The van der Waals surface area contributed by atoms with Gasteiger partial charge in [-0.2, -0.15) is 5.26 Å². The first-order valence-electron chi connectivity index (χ1n) is 4.26. The minimum Gasteiger partial charge on any atom is -0.496 e. The van der Waals surface area contributed by atoms with E-state index in [4.69, 9.17) is 20.5 Å². The summed E-state index contributed by atoms with van der Waals surface area (Å²) in [4.78, 5) is 0. The second-order valence-corrected chi connectivity index (χ2v) is 3.12. The van der Waals surface area contributed by atoms with Crippen LogP contribution in [0.3, 0.4) is 0 Å². The highest BCUT2D eigenvalue weighted by Gasteiger charge is 2.25. The molecular formula is C10H10N2O2. The zero-order valence-corrected chi connectivity index (χ0v) is 7.78. The van der Waals surface area contributed by atoms with Gasteiger partial charge in [0, 0.05) is 0 Å². The number of nitrogens with zero attached hydrogens (tertiary/aromatic N) is 1. The second-order valence-electron chi connectivity index (χ2n) is 3.12. The van der Waals surface area contributed by atoms with Crippen molar-refractivity contribution in [3.05, 3.63) is 23.3 Å². The SMILES string of the molecule is COc1cc(C#N)cc2c1[C@@H](N)CO2. The van der Waals surface area contributed by atoms with Crippen molar-refractivity contribution in [3.63, 3.8) is 0 Å². The normalized spacial score (nSPS) is 18.2. The van der Waals surface area contributed by atoms with Gasteiger partial charge in [-0.15, -0.1) is 0 Å². The Balaban J connectivity index is 2.60. The number of nitriles is 1. The molecule has 1 atom stereocenters. The van der Waals surface area contributed by atoms with Crippen LogP contribution in [0.2, 0.25) is 0 Å². The third kappa shape index (κ3) is 1.19. The fourth-order valence-electron chi connectivity index (χ4n) is 1.58. The van der Waals surface area contributed by atoms with Crippen molar-refractivity contribution in [1.82, 2.24) is 0 Å². The number of benzene rings is 1. The molecular weight excluding hydrogens is 180 g/mol. The van der Waals surface area contributed by atoms with Gasteiger partial charge in [-0.05, 0) is 12.1 Å². The molecule has 0 radical (unpaired) electrons. The van der Waals surface area contributed by atoms with E-state index in [1.165, 1.54) is 0 Å². The molecule has 4 nitrogen and oxygen atoms in total. The predicted molar refractivity (Wildman–Crippen MR) is 50.1 cm³/mol. The van der Waals surface area contributed by atoms with Crippen LogP contribution < -0.4 is 15.2 Å². The average molecular weight is 190 g/mol. The number of hydrogen-bond donors (Lipinski definition) is 1. The third-order valence-corrected chi connectivity index (χ3v) is 2.24. The molecule has 0 amide bonds. The zero-order valence-electron chi connectivity index (χ0n) is 7.78. The lowest BCUT2D eigenvalue weighted by molar-refractivity contribution is 0.333. The highest BCUT2D eigenvalue weighted by molar-refractivity contribution is 5.54. The van der Waals surface area contributed by atoms with Crippen LogP contribution in [0.15, 0.2) is 12.1 Å². The van der Waals surface area contributed by atoms with Gasteiger partial charge in [0.25, 0.3) is 0 Å². The molecule has 0 unspecified atom stereocenters. The number of hydrogen-bond acceptors (Lipinski definition) is 4. The lowest BCUT2D eigenvalue weighted by Crippen LogP contribution is -2.11. The molecule has 1 aromatic rings. The second kappa shape index (κ2) is 3.20. The Kier molecular flexibility index (Phi) is 2.02. The molecule has 1 heterocycles. The standard InChI is InChI=1S/C10H10N2O2/c1-13-8-2-6(4-11)3-9-10(8)7(12)5-14-9/h2-3,7H,5,12H2,1H3/t7-/m0/s1. The molecule has 1 aromatic carbocycles. The molecule has 0 spiro atoms. The van der Waals surface area contributed by atoms with E-state index in [9.17, 15) is 0 Å². The summed E-state index contributed by atoms with van der Waals surface area (Å²) in [5.74, 6) is 1.29. The summed E-state index contributed by atoms with van der Waals surface area (Å²) in [5, 5.41) is 8.76. The fourth-order valence-corrected chi connectivity index (χ4v) is 1.58. The van der Waals surface area contributed by atoms with E-state index < -0.39 is 0 Å². The van der Waals surface area contributed by atoms with Crippen LogP contribution in [0.5, 0.6) is 11.5 Å². The maximum Gasteiger partial charge on any atom is 0.129 e. The van der Waals surface area contributed by atoms with Crippen LogP contribution in [-0.4, -0.2) is 13.7 Å². The Morgan fingerprint density at radius 2 is 2.43 bits per heavy atom. The summed E-state index contributed by atoms with van der Waals surface area (Å²) in [6, 6.07) is 5.25. The van der Waals surface area contributed by atoms with Crippen molar-refractivity contribution in [1.29, 1.82) is 5.26 Å². The van der Waals surface area contributed by atoms with Crippen molar-refractivity contribution in [2.24, 2.45) is 5.73 Å². The number of ether oxygens (including phenoxy) is 2. The van der Waals surface area contributed by atoms with Crippen molar-refractivity contribution in [3.8, 4) is 17.6 Å². The summed E-state index contributed by atoms with van der Waals surface area (Å²) >= 11 is 0. The molecule has 1 aliphatic heterocycles. The Morgan fingerprint density at radius 3 is 3.07 bits per heavy atom. The lowest BCUT2D eigenvalue weighted by atomic mass is 10.1. The van der Waals surface area contributed by atoms with Gasteiger partial charge in [0.05, 0.1) is 30.3 Å². The van der Waals surface area contributed by atoms with E-state index in [1.807, 2.05) is 6.07 Å². The quantitative estimate of drug-likeness (QED) is 0.716. The van der Waals surface area contributed by atoms with Crippen LogP contribution in [0.1, 0.15) is 17.2 Å². The Bertz CT molecular complexity index is 409. The molecule has 2 rings (SSSR count). The van der Waals surface area contributed by atoms with E-state index in [1.54, 1.807) is 19.2 Å². The summed E-state index contributed by atoms with van der Waals surface area (Å²) in [6.45, 7) is 0.445. The molecule has 2 N–H and O–H groups in total. The minimum absolute atomic E-state index is 0.160. The largest absolute Gasteiger partial charge is 0.496 e. The minimum atomic E-state index is -0.160. The first kappa shape index (κ1) is 8.85. The van der Waals surface area contributed by atoms with Gasteiger partial charge in [0.2, 0.25) is 0 Å². The van der Waals surface area contributed by atoms with Crippen molar-refractivity contribution in [2.45, 2.75) is 6.04 Å². The van der Waals surface area contributed by atoms with Gasteiger partial charge in [0.1, 0.15) is 18.1 Å². The lowest BCUT2D eigenvalue weighted by Gasteiger charge is -2.08. The summed E-state index contributed by atoms with van der Waals surface area (Å²) in [6.07, 6.45) is 0. The maximum atomic E-state index is 8.76. The first-order chi connectivity index (χ1) is 6.76. The Morgan fingerprint density at radius 1 is 1.64 bits per heavy atom. The fraction of sp³-hybridized carbons (Fsp3) is 0.300. The monoisotopic (exact) mass is 190 g/mol. The summed E-state index contributed by atoms with van der Waals surface area (Å²) in [5.41, 5.74) is 7.20. The van der Waals surface area contributed by atoms with E-state index >= 15 is 0 Å². The molecule has 1 aliphatic rings. The molecule has 0 aliphatic carbocycles. The summed E-state index contributed by atoms with van der Waals surface area (Å²) in [7, 11) is 1.56. The number of fused-ring (bicyclic) bond motifs is 1. The summed E-state index contributed by atoms with van der Waals surface area (Å²) < 4.78 is 10.5. The highest BCUT2D eigenvalue weighted by atomic mass is 16.5. The van der Waals surface area contributed by atoms with Crippen LogP contribution >= 0.6 is 0 Å². The third-order valence-electron chi connectivity index (χ3n) is 2.24. The van der Waals surface area contributed by atoms with Gasteiger partial charge in [-0.3, -0.25) is 0 Å². The van der Waals surface area contributed by atoms with Crippen LogP contribution in [-0.2, 0) is 0 Å². The maximum absolute atomic E-state index is 8.76. The van der Waals surface area contributed by atoms with Crippen molar-refractivity contribution < 1.29 is 9.47 Å². The van der Waals surface area contributed by atoms with E-state index in [0.717, 1.165) is 5.56 Å². The van der Waals surface area contributed by atoms with Crippen molar-refractivity contribution in [2.75, 3.05) is 13.7 Å². The number of nitrogens with two attached hydrogens (primary N) is 1. The van der Waals surface area contributed by atoms with Crippen molar-refractivity contribution >= 4 is 0 Å². The molecule has 0 aromatic heterocycles.